The number of para-hydroxylation sites is 1. The lowest BCUT2D eigenvalue weighted by Crippen LogP contribution is -2.01. The Hall–Kier alpha value is -2.41. The van der Waals surface area contributed by atoms with Crippen molar-refractivity contribution in [3.8, 4) is 0 Å². The van der Waals surface area contributed by atoms with Gasteiger partial charge in [0, 0.05) is 23.6 Å². The Bertz CT molecular complexity index is 740. The normalized spacial score (nSPS) is 10.4. The van der Waals surface area contributed by atoms with Gasteiger partial charge < -0.3 is 10.6 Å². The molecule has 0 aliphatic heterocycles. The third-order valence-corrected chi connectivity index (χ3v) is 3.31. The van der Waals surface area contributed by atoms with Gasteiger partial charge in [0.2, 0.25) is 5.95 Å². The number of anilines is 4. The molecule has 0 radical (unpaired) electrons. The van der Waals surface area contributed by atoms with Gasteiger partial charge >= 0.3 is 0 Å². The fourth-order valence-corrected chi connectivity index (χ4v) is 2.06. The van der Waals surface area contributed by atoms with Crippen molar-refractivity contribution in [3.05, 3.63) is 52.8 Å². The molecule has 0 amide bonds. The van der Waals surface area contributed by atoms with Crippen molar-refractivity contribution in [3.63, 3.8) is 0 Å². The van der Waals surface area contributed by atoms with Crippen molar-refractivity contribution >= 4 is 39.2 Å². The summed E-state index contributed by atoms with van der Waals surface area (Å²) in [5.74, 6) is 1.87. The zero-order chi connectivity index (χ0) is 14.7. The molecule has 3 N–H and O–H groups in total. The van der Waals surface area contributed by atoms with Crippen molar-refractivity contribution in [2.45, 2.75) is 6.92 Å². The standard InChI is InChI=1S/C14H13BrN6/c1-9-7-12(21-20-9)18-13-11(15)8-16-14(19-13)17-10-5-3-2-4-6-10/h2-8H,1H3,(H3,16,17,18,19,20,21). The number of rotatable bonds is 4. The number of benzene rings is 1. The van der Waals surface area contributed by atoms with Gasteiger partial charge in [-0.15, -0.1) is 0 Å². The van der Waals surface area contributed by atoms with Crippen LogP contribution < -0.4 is 10.6 Å². The predicted octanol–water partition coefficient (Wildman–Crippen LogP) is 3.76. The molecule has 2 aromatic heterocycles. The second-order valence-electron chi connectivity index (χ2n) is 4.44. The second-order valence-corrected chi connectivity index (χ2v) is 5.30. The maximum absolute atomic E-state index is 4.44. The molecule has 0 fully saturated rings. The largest absolute Gasteiger partial charge is 0.324 e. The van der Waals surface area contributed by atoms with E-state index in [1.54, 1.807) is 6.20 Å². The average molecular weight is 345 g/mol. The zero-order valence-corrected chi connectivity index (χ0v) is 12.8. The van der Waals surface area contributed by atoms with Crippen molar-refractivity contribution in [1.29, 1.82) is 0 Å². The minimum atomic E-state index is 0.513. The molecule has 0 aliphatic carbocycles. The van der Waals surface area contributed by atoms with E-state index in [0.717, 1.165) is 15.9 Å². The van der Waals surface area contributed by atoms with Gasteiger partial charge in [0.25, 0.3) is 0 Å². The van der Waals surface area contributed by atoms with Crippen LogP contribution in [0.3, 0.4) is 0 Å². The first-order valence-electron chi connectivity index (χ1n) is 6.34. The van der Waals surface area contributed by atoms with Crippen molar-refractivity contribution in [2.75, 3.05) is 10.6 Å². The van der Waals surface area contributed by atoms with E-state index in [-0.39, 0.29) is 0 Å². The third-order valence-electron chi connectivity index (χ3n) is 2.73. The van der Waals surface area contributed by atoms with Gasteiger partial charge in [-0.3, -0.25) is 5.10 Å². The monoisotopic (exact) mass is 344 g/mol. The van der Waals surface area contributed by atoms with E-state index < -0.39 is 0 Å². The Kier molecular flexibility index (Phi) is 3.83. The fourth-order valence-electron chi connectivity index (χ4n) is 1.77. The first kappa shape index (κ1) is 13.6. The van der Waals surface area contributed by atoms with Crippen LogP contribution in [0.5, 0.6) is 0 Å². The lowest BCUT2D eigenvalue weighted by molar-refractivity contribution is 1.04. The van der Waals surface area contributed by atoms with E-state index in [2.05, 4.69) is 46.7 Å². The summed E-state index contributed by atoms with van der Waals surface area (Å²) in [4.78, 5) is 8.68. The first-order chi connectivity index (χ1) is 10.2. The number of hydrogen-bond donors (Lipinski definition) is 3. The van der Waals surface area contributed by atoms with Crippen LogP contribution >= 0.6 is 15.9 Å². The second kappa shape index (κ2) is 5.92. The van der Waals surface area contributed by atoms with Gasteiger partial charge in [0.05, 0.1) is 4.47 Å². The Morgan fingerprint density at radius 1 is 1.14 bits per heavy atom. The van der Waals surface area contributed by atoms with Gasteiger partial charge in [-0.1, -0.05) is 18.2 Å². The number of nitrogens with one attached hydrogen (secondary N) is 3. The molecule has 1 aromatic carbocycles. The number of H-pyrrole nitrogens is 1. The molecule has 0 aliphatic rings. The topological polar surface area (TPSA) is 78.5 Å². The molecule has 106 valence electrons. The molecule has 7 heteroatoms. The number of nitrogens with zero attached hydrogens (tertiary/aromatic N) is 3. The molecule has 2 heterocycles. The molecular weight excluding hydrogens is 332 g/mol. The summed E-state index contributed by atoms with van der Waals surface area (Å²) in [6.45, 7) is 1.94. The molecular formula is C14H13BrN6. The summed E-state index contributed by atoms with van der Waals surface area (Å²) in [5, 5.41) is 13.3. The third kappa shape index (κ3) is 3.38. The fraction of sp³-hybridized carbons (Fsp3) is 0.0714. The Morgan fingerprint density at radius 3 is 2.67 bits per heavy atom. The van der Waals surface area contributed by atoms with E-state index in [4.69, 9.17) is 0 Å². The average Bonchev–Trinajstić information content (AvgIpc) is 2.89. The molecule has 0 unspecified atom stereocenters. The molecule has 21 heavy (non-hydrogen) atoms. The van der Waals surface area contributed by atoms with E-state index in [9.17, 15) is 0 Å². The maximum Gasteiger partial charge on any atom is 0.229 e. The van der Waals surface area contributed by atoms with Crippen LogP contribution in [0.25, 0.3) is 0 Å². The van der Waals surface area contributed by atoms with E-state index >= 15 is 0 Å². The van der Waals surface area contributed by atoms with E-state index in [0.29, 0.717) is 17.6 Å². The molecule has 0 atom stereocenters. The number of hydrogen-bond acceptors (Lipinski definition) is 5. The van der Waals surface area contributed by atoms with Crippen LogP contribution in [0.1, 0.15) is 5.69 Å². The van der Waals surface area contributed by atoms with Gasteiger partial charge in [0.15, 0.2) is 11.6 Å². The maximum atomic E-state index is 4.44. The molecule has 0 saturated carbocycles. The number of aromatic nitrogens is 4. The highest BCUT2D eigenvalue weighted by Crippen LogP contribution is 2.24. The van der Waals surface area contributed by atoms with Gasteiger partial charge in [-0.2, -0.15) is 10.1 Å². The first-order valence-corrected chi connectivity index (χ1v) is 7.13. The lowest BCUT2D eigenvalue weighted by atomic mass is 10.3. The van der Waals surface area contributed by atoms with Crippen molar-refractivity contribution in [2.24, 2.45) is 0 Å². The van der Waals surface area contributed by atoms with Crippen LogP contribution in [0.4, 0.5) is 23.3 Å². The van der Waals surface area contributed by atoms with Crippen LogP contribution in [-0.2, 0) is 0 Å². The highest BCUT2D eigenvalue weighted by atomic mass is 79.9. The SMILES string of the molecule is Cc1cc(Nc2nc(Nc3ccccc3)ncc2Br)n[nH]1. The van der Waals surface area contributed by atoms with Gasteiger partial charge in [0.1, 0.15) is 0 Å². The lowest BCUT2D eigenvalue weighted by Gasteiger charge is -2.08. The van der Waals surface area contributed by atoms with Gasteiger partial charge in [-0.25, -0.2) is 4.98 Å². The Balaban J connectivity index is 1.82. The zero-order valence-electron chi connectivity index (χ0n) is 11.3. The molecule has 3 aromatic rings. The minimum absolute atomic E-state index is 0.513. The highest BCUT2D eigenvalue weighted by Gasteiger charge is 2.07. The summed E-state index contributed by atoms with van der Waals surface area (Å²) in [5.41, 5.74) is 1.91. The smallest absolute Gasteiger partial charge is 0.229 e. The molecule has 0 bridgehead atoms. The molecule has 6 nitrogen and oxygen atoms in total. The van der Waals surface area contributed by atoms with Crippen molar-refractivity contribution < 1.29 is 0 Å². The quantitative estimate of drug-likeness (QED) is 0.671. The van der Waals surface area contributed by atoms with Crippen LogP contribution in [0.15, 0.2) is 47.1 Å². The Labute approximate surface area is 130 Å². The van der Waals surface area contributed by atoms with Gasteiger partial charge in [-0.05, 0) is 35.0 Å². The van der Waals surface area contributed by atoms with E-state index in [1.807, 2.05) is 43.3 Å². The van der Waals surface area contributed by atoms with Crippen LogP contribution in [0.2, 0.25) is 0 Å². The van der Waals surface area contributed by atoms with Crippen LogP contribution in [-0.4, -0.2) is 20.2 Å². The van der Waals surface area contributed by atoms with Crippen LogP contribution in [0, 0.1) is 6.92 Å². The number of aryl methyl sites for hydroxylation is 1. The summed E-state index contributed by atoms with van der Waals surface area (Å²) in [6.07, 6.45) is 1.69. The number of aromatic amines is 1. The Morgan fingerprint density at radius 2 is 1.95 bits per heavy atom. The number of halogens is 1. The van der Waals surface area contributed by atoms with E-state index in [1.165, 1.54) is 0 Å². The van der Waals surface area contributed by atoms with Crippen molar-refractivity contribution in [1.82, 2.24) is 20.2 Å². The summed E-state index contributed by atoms with van der Waals surface area (Å²) in [7, 11) is 0. The summed E-state index contributed by atoms with van der Waals surface area (Å²) >= 11 is 3.43. The highest BCUT2D eigenvalue weighted by molar-refractivity contribution is 9.10. The predicted molar refractivity (Wildman–Crippen MR) is 86.1 cm³/mol. The molecule has 3 rings (SSSR count). The molecule has 0 spiro atoms. The molecule has 0 saturated heterocycles. The summed E-state index contributed by atoms with van der Waals surface area (Å²) < 4.78 is 0.766. The summed E-state index contributed by atoms with van der Waals surface area (Å²) in [6, 6.07) is 11.7. The minimum Gasteiger partial charge on any atom is -0.324 e.